The molecule has 1 atom stereocenters. The zero-order chi connectivity index (χ0) is 19.3. The molecule has 0 aliphatic heterocycles. The lowest BCUT2D eigenvalue weighted by atomic mass is 9.92. The van der Waals surface area contributed by atoms with Crippen LogP contribution in [0.25, 0.3) is 0 Å². The minimum atomic E-state index is -0.0334. The lowest BCUT2D eigenvalue weighted by Gasteiger charge is -2.21. The van der Waals surface area contributed by atoms with Crippen LogP contribution in [0.2, 0.25) is 5.02 Å². The average molecular weight is 373 g/mol. The standard InChI is InChI=1S/C22H29ClN2O/c1-14(2)19-10-7-11-20(15(3)4)22(19)25-21(26)13-24-16(5)17-8-6-9-18(23)12-17/h6-12,14-16,24H,13H2,1-5H3,(H,25,26)/t16-/m1/s1. The molecule has 2 aromatic rings. The van der Waals surface area contributed by atoms with E-state index in [-0.39, 0.29) is 18.5 Å². The second kappa shape index (κ2) is 9.20. The zero-order valence-corrected chi connectivity index (χ0v) is 17.0. The molecular weight excluding hydrogens is 344 g/mol. The quantitative estimate of drug-likeness (QED) is 0.637. The molecule has 0 aliphatic rings. The van der Waals surface area contributed by atoms with E-state index in [1.807, 2.05) is 31.2 Å². The fourth-order valence-corrected chi connectivity index (χ4v) is 3.22. The topological polar surface area (TPSA) is 41.1 Å². The number of amides is 1. The number of carbonyl (C=O) groups is 1. The van der Waals surface area contributed by atoms with Crippen molar-refractivity contribution < 1.29 is 4.79 Å². The lowest BCUT2D eigenvalue weighted by molar-refractivity contribution is -0.115. The van der Waals surface area contributed by atoms with Crippen LogP contribution >= 0.6 is 11.6 Å². The minimum absolute atomic E-state index is 0.0334. The number of benzene rings is 2. The monoisotopic (exact) mass is 372 g/mol. The molecule has 2 aromatic carbocycles. The molecule has 2 N–H and O–H groups in total. The largest absolute Gasteiger partial charge is 0.324 e. The van der Waals surface area contributed by atoms with E-state index in [4.69, 9.17) is 11.6 Å². The molecule has 0 spiro atoms. The Morgan fingerprint density at radius 3 is 2.08 bits per heavy atom. The number of halogens is 1. The molecule has 0 saturated carbocycles. The van der Waals surface area contributed by atoms with Crippen LogP contribution in [0.4, 0.5) is 5.69 Å². The summed E-state index contributed by atoms with van der Waals surface area (Å²) in [5.74, 6) is 0.665. The van der Waals surface area contributed by atoms with Gasteiger partial charge in [-0.1, -0.05) is 69.6 Å². The summed E-state index contributed by atoms with van der Waals surface area (Å²) >= 11 is 6.05. The van der Waals surface area contributed by atoms with Crippen LogP contribution in [0, 0.1) is 0 Å². The van der Waals surface area contributed by atoms with Crippen molar-refractivity contribution in [3.8, 4) is 0 Å². The molecule has 0 bridgehead atoms. The van der Waals surface area contributed by atoms with E-state index in [1.165, 1.54) is 11.1 Å². The van der Waals surface area contributed by atoms with Crippen LogP contribution in [-0.4, -0.2) is 12.5 Å². The second-order valence-electron chi connectivity index (χ2n) is 7.33. The summed E-state index contributed by atoms with van der Waals surface area (Å²) in [6, 6.07) is 14.0. The Morgan fingerprint density at radius 2 is 1.54 bits per heavy atom. The van der Waals surface area contributed by atoms with Gasteiger partial charge in [0.25, 0.3) is 0 Å². The van der Waals surface area contributed by atoms with Crippen LogP contribution < -0.4 is 10.6 Å². The van der Waals surface area contributed by atoms with E-state index >= 15 is 0 Å². The first-order valence-corrected chi connectivity index (χ1v) is 9.59. The third kappa shape index (κ3) is 5.33. The van der Waals surface area contributed by atoms with Crippen molar-refractivity contribution in [2.24, 2.45) is 0 Å². The van der Waals surface area contributed by atoms with E-state index in [9.17, 15) is 4.79 Å². The van der Waals surface area contributed by atoms with Gasteiger partial charge in [0.1, 0.15) is 0 Å². The first-order valence-electron chi connectivity index (χ1n) is 9.21. The van der Waals surface area contributed by atoms with Crippen LogP contribution in [-0.2, 0) is 4.79 Å². The number of carbonyl (C=O) groups excluding carboxylic acids is 1. The maximum absolute atomic E-state index is 12.6. The predicted octanol–water partition coefficient (Wildman–Crippen LogP) is 5.88. The number of hydrogen-bond donors (Lipinski definition) is 2. The molecule has 1 amide bonds. The molecular formula is C22H29ClN2O. The molecule has 0 unspecified atom stereocenters. The summed E-state index contributed by atoms with van der Waals surface area (Å²) in [6.07, 6.45) is 0. The fourth-order valence-electron chi connectivity index (χ4n) is 3.02. The molecule has 4 heteroatoms. The van der Waals surface area contributed by atoms with Crippen molar-refractivity contribution in [2.75, 3.05) is 11.9 Å². The third-order valence-electron chi connectivity index (χ3n) is 4.55. The van der Waals surface area contributed by atoms with E-state index in [0.717, 1.165) is 11.3 Å². The second-order valence-corrected chi connectivity index (χ2v) is 7.76. The van der Waals surface area contributed by atoms with Crippen molar-refractivity contribution in [3.05, 3.63) is 64.2 Å². The smallest absolute Gasteiger partial charge is 0.238 e. The first kappa shape index (κ1) is 20.5. The molecule has 0 heterocycles. The molecule has 0 aromatic heterocycles. The van der Waals surface area contributed by atoms with E-state index in [2.05, 4.69) is 56.5 Å². The average Bonchev–Trinajstić information content (AvgIpc) is 2.59. The molecule has 140 valence electrons. The molecule has 26 heavy (non-hydrogen) atoms. The molecule has 3 nitrogen and oxygen atoms in total. The van der Waals surface area contributed by atoms with Crippen molar-refractivity contribution in [3.63, 3.8) is 0 Å². The van der Waals surface area contributed by atoms with E-state index < -0.39 is 0 Å². The van der Waals surface area contributed by atoms with Gasteiger partial charge in [0.05, 0.1) is 6.54 Å². The summed E-state index contributed by atoms with van der Waals surface area (Å²) in [5, 5.41) is 7.11. The normalized spacial score (nSPS) is 12.5. The molecule has 0 aliphatic carbocycles. The van der Waals surface area contributed by atoms with Crippen molar-refractivity contribution >= 4 is 23.2 Å². The highest BCUT2D eigenvalue weighted by Crippen LogP contribution is 2.32. The van der Waals surface area contributed by atoms with Gasteiger partial charge in [-0.15, -0.1) is 0 Å². The highest BCUT2D eigenvalue weighted by atomic mass is 35.5. The van der Waals surface area contributed by atoms with E-state index in [0.29, 0.717) is 16.9 Å². The molecule has 0 saturated heterocycles. The van der Waals surface area contributed by atoms with Gasteiger partial charge in [-0.2, -0.15) is 0 Å². The molecule has 0 fully saturated rings. The van der Waals surface area contributed by atoms with Gasteiger partial charge in [-0.25, -0.2) is 0 Å². The van der Waals surface area contributed by atoms with Gasteiger partial charge in [0.15, 0.2) is 0 Å². The third-order valence-corrected chi connectivity index (χ3v) is 4.79. The van der Waals surface area contributed by atoms with Gasteiger partial charge < -0.3 is 10.6 Å². The minimum Gasteiger partial charge on any atom is -0.324 e. The summed E-state index contributed by atoms with van der Waals surface area (Å²) in [4.78, 5) is 12.6. The highest BCUT2D eigenvalue weighted by molar-refractivity contribution is 6.30. The Hall–Kier alpha value is -1.84. The Bertz CT molecular complexity index is 729. The summed E-state index contributed by atoms with van der Waals surface area (Å²) in [6.45, 7) is 10.9. The van der Waals surface area contributed by atoms with Crippen LogP contribution in [0.1, 0.15) is 69.2 Å². The first-order chi connectivity index (χ1) is 12.3. The van der Waals surface area contributed by atoms with Gasteiger partial charge in [-0.3, -0.25) is 4.79 Å². The summed E-state index contributed by atoms with van der Waals surface area (Å²) < 4.78 is 0. The number of rotatable bonds is 7. The van der Waals surface area contributed by atoms with Gasteiger partial charge in [0, 0.05) is 16.8 Å². The number of para-hydroxylation sites is 1. The van der Waals surface area contributed by atoms with Gasteiger partial charge >= 0.3 is 0 Å². The SMILES string of the molecule is CC(C)c1cccc(C(C)C)c1NC(=O)CN[C@H](C)c1cccc(Cl)c1. The number of hydrogen-bond acceptors (Lipinski definition) is 2. The maximum Gasteiger partial charge on any atom is 0.238 e. The summed E-state index contributed by atoms with van der Waals surface area (Å²) in [7, 11) is 0. The zero-order valence-electron chi connectivity index (χ0n) is 16.3. The molecule has 0 radical (unpaired) electrons. The Kier molecular flexibility index (Phi) is 7.24. The summed E-state index contributed by atoms with van der Waals surface area (Å²) in [5.41, 5.74) is 4.37. The number of anilines is 1. The lowest BCUT2D eigenvalue weighted by Crippen LogP contribution is -2.30. The van der Waals surface area contributed by atoms with Crippen LogP contribution in [0.5, 0.6) is 0 Å². The van der Waals surface area contributed by atoms with Crippen LogP contribution in [0.15, 0.2) is 42.5 Å². The van der Waals surface area contributed by atoms with Gasteiger partial charge in [-0.05, 0) is 47.6 Å². The highest BCUT2D eigenvalue weighted by Gasteiger charge is 2.16. The van der Waals surface area contributed by atoms with Crippen molar-refractivity contribution in [1.29, 1.82) is 0 Å². The Balaban J connectivity index is 2.08. The molecule has 2 rings (SSSR count). The predicted molar refractivity (Wildman–Crippen MR) is 111 cm³/mol. The van der Waals surface area contributed by atoms with Gasteiger partial charge in [0.2, 0.25) is 5.91 Å². The number of nitrogens with one attached hydrogen (secondary N) is 2. The Morgan fingerprint density at radius 1 is 0.962 bits per heavy atom. The van der Waals surface area contributed by atoms with Crippen molar-refractivity contribution in [1.82, 2.24) is 5.32 Å². The maximum atomic E-state index is 12.6. The van der Waals surface area contributed by atoms with Crippen LogP contribution in [0.3, 0.4) is 0 Å². The van der Waals surface area contributed by atoms with Crippen molar-refractivity contribution in [2.45, 2.75) is 52.5 Å². The Labute approximate surface area is 162 Å². The van der Waals surface area contributed by atoms with E-state index in [1.54, 1.807) is 0 Å². The fraction of sp³-hybridized carbons (Fsp3) is 0.409.